The summed E-state index contributed by atoms with van der Waals surface area (Å²) in [5, 5.41) is 16.8. The molecule has 0 saturated heterocycles. The summed E-state index contributed by atoms with van der Waals surface area (Å²) in [6.07, 6.45) is 1.10. The lowest BCUT2D eigenvalue weighted by Gasteiger charge is -2.08. The van der Waals surface area contributed by atoms with Gasteiger partial charge in [0.15, 0.2) is 0 Å². The number of amides is 1. The van der Waals surface area contributed by atoms with Crippen LogP contribution >= 0.6 is 0 Å². The van der Waals surface area contributed by atoms with Gasteiger partial charge in [0.05, 0.1) is 4.92 Å². The molecule has 21 heavy (non-hydrogen) atoms. The van der Waals surface area contributed by atoms with Gasteiger partial charge >= 0.3 is 0 Å². The molecular formula is C15H21N3O3. The van der Waals surface area contributed by atoms with Crippen molar-refractivity contribution >= 4 is 17.3 Å². The number of nitro groups is 1. The van der Waals surface area contributed by atoms with E-state index in [9.17, 15) is 14.9 Å². The highest BCUT2D eigenvalue weighted by atomic mass is 16.6. The Bertz CT molecular complexity index is 569. The van der Waals surface area contributed by atoms with Crippen LogP contribution in [0.4, 0.5) is 11.4 Å². The molecule has 0 radical (unpaired) electrons. The smallest absolute Gasteiger partial charge is 0.293 e. The molecule has 0 spiro atoms. The van der Waals surface area contributed by atoms with Gasteiger partial charge in [-0.1, -0.05) is 13.8 Å². The number of hydrogen-bond acceptors (Lipinski definition) is 4. The van der Waals surface area contributed by atoms with Crippen molar-refractivity contribution in [2.75, 3.05) is 18.4 Å². The minimum absolute atomic E-state index is 0.0729. The van der Waals surface area contributed by atoms with E-state index >= 15 is 0 Å². The van der Waals surface area contributed by atoms with Gasteiger partial charge in [0.25, 0.3) is 11.6 Å². The van der Waals surface area contributed by atoms with Crippen LogP contribution in [0.25, 0.3) is 0 Å². The van der Waals surface area contributed by atoms with Crippen LogP contribution in [0.1, 0.15) is 37.6 Å². The standard InChI is InChI=1S/C15H21N3O3/c1-4-16-12-6-5-10(7-13(12)18(20)21)14(19)17-9-11-8-15(11,2)3/h5-7,11,16H,4,8-9H2,1-3H3,(H,17,19). The number of anilines is 1. The fraction of sp³-hybridized carbons (Fsp3) is 0.533. The average Bonchev–Trinajstić information content (AvgIpc) is 3.04. The predicted molar refractivity (Wildman–Crippen MR) is 81.5 cm³/mol. The van der Waals surface area contributed by atoms with Crippen molar-refractivity contribution in [2.24, 2.45) is 11.3 Å². The van der Waals surface area contributed by atoms with Crippen LogP contribution in [-0.4, -0.2) is 23.9 Å². The fourth-order valence-electron chi connectivity index (χ4n) is 2.41. The molecule has 1 aliphatic rings. The summed E-state index contributed by atoms with van der Waals surface area (Å²) in [6, 6.07) is 4.52. The molecule has 1 aromatic rings. The predicted octanol–water partition coefficient (Wildman–Crippen LogP) is 2.80. The molecule has 1 aromatic carbocycles. The first-order valence-corrected chi connectivity index (χ1v) is 7.15. The molecule has 1 aliphatic carbocycles. The summed E-state index contributed by atoms with van der Waals surface area (Å²) in [4.78, 5) is 22.7. The number of benzene rings is 1. The molecule has 0 aromatic heterocycles. The van der Waals surface area contributed by atoms with Crippen molar-refractivity contribution in [2.45, 2.75) is 27.2 Å². The van der Waals surface area contributed by atoms with Crippen molar-refractivity contribution in [3.8, 4) is 0 Å². The second-order valence-electron chi connectivity index (χ2n) is 6.12. The summed E-state index contributed by atoms with van der Waals surface area (Å²) >= 11 is 0. The lowest BCUT2D eigenvalue weighted by Crippen LogP contribution is -2.26. The summed E-state index contributed by atoms with van der Waals surface area (Å²) < 4.78 is 0. The lowest BCUT2D eigenvalue weighted by atomic mass is 10.1. The van der Waals surface area contributed by atoms with E-state index in [4.69, 9.17) is 0 Å². The van der Waals surface area contributed by atoms with Gasteiger partial charge in [-0.2, -0.15) is 0 Å². The molecule has 0 heterocycles. The summed E-state index contributed by atoms with van der Waals surface area (Å²) in [6.45, 7) is 7.40. The van der Waals surface area contributed by atoms with Crippen molar-refractivity contribution in [1.29, 1.82) is 0 Å². The van der Waals surface area contributed by atoms with Gasteiger partial charge in [0.2, 0.25) is 0 Å². The third-order valence-corrected chi connectivity index (χ3v) is 4.05. The highest BCUT2D eigenvalue weighted by molar-refractivity contribution is 5.95. The fourth-order valence-corrected chi connectivity index (χ4v) is 2.41. The molecule has 0 bridgehead atoms. The van der Waals surface area contributed by atoms with E-state index in [0.717, 1.165) is 6.42 Å². The molecular weight excluding hydrogens is 270 g/mol. The van der Waals surface area contributed by atoms with Crippen molar-refractivity contribution in [1.82, 2.24) is 5.32 Å². The molecule has 6 nitrogen and oxygen atoms in total. The van der Waals surface area contributed by atoms with Crippen molar-refractivity contribution in [3.05, 3.63) is 33.9 Å². The first-order chi connectivity index (χ1) is 9.85. The number of carbonyl (C=O) groups excluding carboxylic acids is 1. The number of rotatable bonds is 6. The second kappa shape index (κ2) is 5.71. The Morgan fingerprint density at radius 2 is 2.14 bits per heavy atom. The Balaban J connectivity index is 2.07. The quantitative estimate of drug-likeness (QED) is 0.623. The van der Waals surface area contributed by atoms with E-state index in [1.165, 1.54) is 6.07 Å². The summed E-state index contributed by atoms with van der Waals surface area (Å²) in [5.74, 6) is 0.237. The Kier molecular flexibility index (Phi) is 4.16. The van der Waals surface area contributed by atoms with Crippen LogP contribution < -0.4 is 10.6 Å². The van der Waals surface area contributed by atoms with Crippen molar-refractivity contribution in [3.63, 3.8) is 0 Å². The largest absolute Gasteiger partial charge is 0.380 e. The number of carbonyl (C=O) groups is 1. The maximum Gasteiger partial charge on any atom is 0.293 e. The summed E-state index contributed by atoms with van der Waals surface area (Å²) in [7, 11) is 0. The molecule has 1 unspecified atom stereocenters. The van der Waals surface area contributed by atoms with Gasteiger partial charge in [0.1, 0.15) is 5.69 Å². The zero-order valence-electron chi connectivity index (χ0n) is 12.6. The topological polar surface area (TPSA) is 84.3 Å². The zero-order valence-corrected chi connectivity index (χ0v) is 12.6. The molecule has 114 valence electrons. The van der Waals surface area contributed by atoms with Crippen LogP contribution in [0.2, 0.25) is 0 Å². The Morgan fingerprint density at radius 1 is 1.48 bits per heavy atom. The molecule has 2 rings (SSSR count). The van der Waals surface area contributed by atoms with E-state index in [1.807, 2.05) is 6.92 Å². The van der Waals surface area contributed by atoms with Crippen LogP contribution in [-0.2, 0) is 0 Å². The zero-order chi connectivity index (χ0) is 15.6. The second-order valence-corrected chi connectivity index (χ2v) is 6.12. The molecule has 1 saturated carbocycles. The number of nitrogens with one attached hydrogen (secondary N) is 2. The van der Waals surface area contributed by atoms with Crippen molar-refractivity contribution < 1.29 is 9.72 Å². The number of hydrogen-bond donors (Lipinski definition) is 2. The van der Waals surface area contributed by atoms with Gasteiger partial charge in [-0.15, -0.1) is 0 Å². The number of nitrogens with zero attached hydrogens (tertiary/aromatic N) is 1. The van der Waals surface area contributed by atoms with Gasteiger partial charge in [-0.05, 0) is 36.8 Å². The maximum absolute atomic E-state index is 12.1. The van der Waals surface area contributed by atoms with E-state index in [1.54, 1.807) is 12.1 Å². The molecule has 0 aliphatic heterocycles. The lowest BCUT2D eigenvalue weighted by molar-refractivity contribution is -0.384. The third kappa shape index (κ3) is 3.51. The number of nitro benzene ring substituents is 1. The van der Waals surface area contributed by atoms with Crippen LogP contribution in [0.3, 0.4) is 0 Å². The van der Waals surface area contributed by atoms with Gasteiger partial charge in [-0.25, -0.2) is 0 Å². The highest BCUT2D eigenvalue weighted by Crippen LogP contribution is 2.50. The molecule has 2 N–H and O–H groups in total. The Labute approximate surface area is 124 Å². The van der Waals surface area contributed by atoms with Gasteiger partial charge in [-0.3, -0.25) is 14.9 Å². The highest BCUT2D eigenvalue weighted by Gasteiger charge is 2.45. The SMILES string of the molecule is CCNc1ccc(C(=O)NCC2CC2(C)C)cc1[N+](=O)[O-]. The van der Waals surface area contributed by atoms with E-state index in [-0.39, 0.29) is 11.6 Å². The van der Waals surface area contributed by atoms with Crippen LogP contribution in [0.15, 0.2) is 18.2 Å². The van der Waals surface area contributed by atoms with Crippen LogP contribution in [0.5, 0.6) is 0 Å². The molecule has 1 amide bonds. The van der Waals surface area contributed by atoms with Crippen LogP contribution in [0, 0.1) is 21.4 Å². The minimum atomic E-state index is -0.473. The minimum Gasteiger partial charge on any atom is -0.380 e. The first kappa shape index (κ1) is 15.3. The van der Waals surface area contributed by atoms with E-state index < -0.39 is 4.92 Å². The third-order valence-electron chi connectivity index (χ3n) is 4.05. The molecule has 6 heteroatoms. The average molecular weight is 291 g/mol. The van der Waals surface area contributed by atoms with Gasteiger partial charge in [0, 0.05) is 24.7 Å². The monoisotopic (exact) mass is 291 g/mol. The normalized spacial score (nSPS) is 18.9. The Hall–Kier alpha value is -2.11. The first-order valence-electron chi connectivity index (χ1n) is 7.15. The summed E-state index contributed by atoms with van der Waals surface area (Å²) in [5.41, 5.74) is 0.981. The van der Waals surface area contributed by atoms with Gasteiger partial charge < -0.3 is 10.6 Å². The maximum atomic E-state index is 12.1. The van der Waals surface area contributed by atoms with E-state index in [2.05, 4.69) is 24.5 Å². The van der Waals surface area contributed by atoms with E-state index in [0.29, 0.717) is 35.7 Å². The Morgan fingerprint density at radius 3 is 2.67 bits per heavy atom. The molecule has 1 atom stereocenters. The molecule has 1 fully saturated rings.